The zero-order valence-corrected chi connectivity index (χ0v) is 13.7. The van der Waals surface area contributed by atoms with Crippen LogP contribution in [-0.4, -0.2) is 58.9 Å². The molecule has 21 heavy (non-hydrogen) atoms. The molecule has 6 heteroatoms. The Balaban J connectivity index is 1.46. The van der Waals surface area contributed by atoms with Crippen molar-refractivity contribution in [3.8, 4) is 0 Å². The van der Waals surface area contributed by atoms with Gasteiger partial charge in [-0.3, -0.25) is 15.0 Å². The fraction of sp³-hybridized carbons (Fsp3) is 0.667. The van der Waals surface area contributed by atoms with Gasteiger partial charge >= 0.3 is 0 Å². The van der Waals surface area contributed by atoms with E-state index >= 15 is 0 Å². The van der Waals surface area contributed by atoms with Crippen LogP contribution in [0.2, 0.25) is 0 Å². The molecular weight excluding hydrogens is 302 g/mol. The molecule has 1 spiro atoms. The topological polar surface area (TPSA) is 35.6 Å². The largest absolute Gasteiger partial charge is 0.320 e. The highest BCUT2D eigenvalue weighted by molar-refractivity contribution is 7.99. The standard InChI is InChI=1S/C15H21N3OS2/c19-14-15(2-3-15)16-13(12-1-8-21-11-12)18(14)5-4-17-6-9-20-10-7-17/h1,8,11,13,16H,2-7,9-10H2. The summed E-state index contributed by atoms with van der Waals surface area (Å²) < 4.78 is 0. The summed E-state index contributed by atoms with van der Waals surface area (Å²) in [6, 6.07) is 2.14. The van der Waals surface area contributed by atoms with E-state index in [2.05, 4.69) is 31.9 Å². The van der Waals surface area contributed by atoms with E-state index in [-0.39, 0.29) is 11.7 Å². The lowest BCUT2D eigenvalue weighted by molar-refractivity contribution is -0.131. The van der Waals surface area contributed by atoms with Crippen molar-refractivity contribution >= 4 is 29.0 Å². The van der Waals surface area contributed by atoms with E-state index < -0.39 is 0 Å². The molecule has 4 rings (SSSR count). The van der Waals surface area contributed by atoms with Gasteiger partial charge in [-0.25, -0.2) is 0 Å². The van der Waals surface area contributed by atoms with Gasteiger partial charge in [-0.1, -0.05) is 0 Å². The third-order valence-electron chi connectivity index (χ3n) is 4.76. The molecule has 4 nitrogen and oxygen atoms in total. The van der Waals surface area contributed by atoms with Crippen LogP contribution in [0.15, 0.2) is 16.8 Å². The van der Waals surface area contributed by atoms with Gasteiger partial charge in [0.1, 0.15) is 11.7 Å². The predicted molar refractivity (Wildman–Crippen MR) is 87.6 cm³/mol. The first-order valence-corrected chi connectivity index (χ1v) is 9.79. The second-order valence-corrected chi connectivity index (χ2v) is 8.14. The molecule has 3 aliphatic rings. The first kappa shape index (κ1) is 14.1. The maximum absolute atomic E-state index is 12.7. The van der Waals surface area contributed by atoms with E-state index in [4.69, 9.17) is 0 Å². The molecule has 3 fully saturated rings. The summed E-state index contributed by atoms with van der Waals surface area (Å²) in [6.07, 6.45) is 2.09. The Morgan fingerprint density at radius 1 is 1.29 bits per heavy atom. The molecule has 114 valence electrons. The first-order chi connectivity index (χ1) is 10.3. The number of rotatable bonds is 4. The molecule has 0 radical (unpaired) electrons. The van der Waals surface area contributed by atoms with E-state index in [1.165, 1.54) is 17.1 Å². The highest BCUT2D eigenvalue weighted by Crippen LogP contribution is 2.46. The van der Waals surface area contributed by atoms with Crippen molar-refractivity contribution in [3.05, 3.63) is 22.4 Å². The zero-order valence-electron chi connectivity index (χ0n) is 12.1. The van der Waals surface area contributed by atoms with E-state index in [0.717, 1.165) is 39.0 Å². The van der Waals surface area contributed by atoms with Gasteiger partial charge in [0.25, 0.3) is 0 Å². The van der Waals surface area contributed by atoms with Crippen molar-refractivity contribution in [2.45, 2.75) is 24.5 Å². The Labute approximate surface area is 133 Å². The highest BCUT2D eigenvalue weighted by atomic mass is 32.2. The molecule has 1 atom stereocenters. The fourth-order valence-electron chi connectivity index (χ4n) is 3.28. The number of thiophene rings is 1. The van der Waals surface area contributed by atoms with Gasteiger partial charge in [0.15, 0.2) is 0 Å². The molecule has 2 saturated heterocycles. The Morgan fingerprint density at radius 2 is 2.10 bits per heavy atom. The molecule has 1 N–H and O–H groups in total. The van der Waals surface area contributed by atoms with Crippen LogP contribution in [0.25, 0.3) is 0 Å². The maximum Gasteiger partial charge on any atom is 0.244 e. The number of nitrogens with one attached hydrogen (secondary N) is 1. The predicted octanol–water partition coefficient (Wildman–Crippen LogP) is 1.76. The molecule has 0 aromatic carbocycles. The molecule has 1 aliphatic carbocycles. The number of amides is 1. The normalized spacial score (nSPS) is 28.5. The van der Waals surface area contributed by atoms with Crippen LogP contribution >= 0.6 is 23.1 Å². The first-order valence-electron chi connectivity index (χ1n) is 7.69. The lowest BCUT2D eigenvalue weighted by Crippen LogP contribution is -2.41. The van der Waals surface area contributed by atoms with Gasteiger partial charge in [0.2, 0.25) is 5.91 Å². The minimum atomic E-state index is -0.218. The molecule has 1 saturated carbocycles. The van der Waals surface area contributed by atoms with Crippen LogP contribution in [0, 0.1) is 0 Å². The second kappa shape index (κ2) is 5.57. The van der Waals surface area contributed by atoms with Crippen LogP contribution in [-0.2, 0) is 4.79 Å². The number of hydrogen-bond donors (Lipinski definition) is 1. The molecule has 3 heterocycles. The van der Waals surface area contributed by atoms with Crippen molar-refractivity contribution in [3.63, 3.8) is 0 Å². The van der Waals surface area contributed by atoms with Gasteiger partial charge in [-0.05, 0) is 35.2 Å². The van der Waals surface area contributed by atoms with Crippen LogP contribution in [0.4, 0.5) is 0 Å². The molecular formula is C15H21N3OS2. The van der Waals surface area contributed by atoms with E-state index in [1.54, 1.807) is 11.3 Å². The Morgan fingerprint density at radius 3 is 2.76 bits per heavy atom. The number of thioether (sulfide) groups is 1. The van der Waals surface area contributed by atoms with Crippen LogP contribution in [0.5, 0.6) is 0 Å². The summed E-state index contributed by atoms with van der Waals surface area (Å²) >= 11 is 3.74. The number of hydrogen-bond acceptors (Lipinski definition) is 5. The summed E-state index contributed by atoms with van der Waals surface area (Å²) in [5.41, 5.74) is 1.02. The van der Waals surface area contributed by atoms with Crippen molar-refractivity contribution in [1.29, 1.82) is 0 Å². The van der Waals surface area contributed by atoms with Gasteiger partial charge < -0.3 is 4.90 Å². The quantitative estimate of drug-likeness (QED) is 0.916. The second-order valence-electron chi connectivity index (χ2n) is 6.14. The summed E-state index contributed by atoms with van der Waals surface area (Å²) in [5.74, 6) is 2.78. The monoisotopic (exact) mass is 323 g/mol. The average Bonchev–Trinajstić information content (AvgIpc) is 2.99. The van der Waals surface area contributed by atoms with Crippen molar-refractivity contribution in [1.82, 2.24) is 15.1 Å². The summed E-state index contributed by atoms with van der Waals surface area (Å²) in [4.78, 5) is 17.3. The molecule has 1 aromatic heterocycles. The molecule has 1 unspecified atom stereocenters. The van der Waals surface area contributed by atoms with Crippen molar-refractivity contribution in [2.24, 2.45) is 0 Å². The van der Waals surface area contributed by atoms with Gasteiger partial charge in [-0.15, -0.1) is 0 Å². The van der Waals surface area contributed by atoms with Crippen molar-refractivity contribution in [2.75, 3.05) is 37.7 Å². The van der Waals surface area contributed by atoms with Gasteiger partial charge in [0, 0.05) is 37.7 Å². The minimum absolute atomic E-state index is 0.0883. The lowest BCUT2D eigenvalue weighted by atomic mass is 10.2. The Bertz CT molecular complexity index is 509. The van der Waals surface area contributed by atoms with E-state index in [9.17, 15) is 4.79 Å². The van der Waals surface area contributed by atoms with Gasteiger partial charge in [0.05, 0.1) is 0 Å². The number of nitrogens with zero attached hydrogens (tertiary/aromatic N) is 2. The Hall–Kier alpha value is -0.560. The van der Waals surface area contributed by atoms with Crippen LogP contribution < -0.4 is 5.32 Å². The zero-order chi connectivity index (χ0) is 14.3. The molecule has 1 amide bonds. The maximum atomic E-state index is 12.7. The third kappa shape index (κ3) is 2.63. The summed E-state index contributed by atoms with van der Waals surface area (Å²) in [5, 5.41) is 7.85. The smallest absolute Gasteiger partial charge is 0.244 e. The molecule has 0 bridgehead atoms. The third-order valence-corrected chi connectivity index (χ3v) is 6.41. The van der Waals surface area contributed by atoms with Crippen LogP contribution in [0.3, 0.4) is 0 Å². The SMILES string of the molecule is O=C1N(CCN2CCSCC2)C(c2ccsc2)NC12CC2. The Kier molecular flexibility index (Phi) is 3.73. The van der Waals surface area contributed by atoms with Gasteiger partial charge in [-0.2, -0.15) is 23.1 Å². The minimum Gasteiger partial charge on any atom is -0.320 e. The lowest BCUT2D eigenvalue weighted by Gasteiger charge is -2.30. The molecule has 1 aromatic rings. The van der Waals surface area contributed by atoms with E-state index in [1.807, 2.05) is 11.8 Å². The average molecular weight is 323 g/mol. The molecule has 2 aliphatic heterocycles. The number of carbonyl (C=O) groups excluding carboxylic acids is 1. The number of carbonyl (C=O) groups is 1. The van der Waals surface area contributed by atoms with Crippen LogP contribution in [0.1, 0.15) is 24.6 Å². The van der Waals surface area contributed by atoms with Crippen molar-refractivity contribution < 1.29 is 4.79 Å². The fourth-order valence-corrected chi connectivity index (χ4v) is 4.93. The highest BCUT2D eigenvalue weighted by Gasteiger charge is 2.59. The van der Waals surface area contributed by atoms with E-state index in [0.29, 0.717) is 5.91 Å². The summed E-state index contributed by atoms with van der Waals surface area (Å²) in [7, 11) is 0. The summed E-state index contributed by atoms with van der Waals surface area (Å²) in [6.45, 7) is 4.17.